The number of hydrogen-bond donors (Lipinski definition) is 1. The summed E-state index contributed by atoms with van der Waals surface area (Å²) in [4.78, 5) is 0. The maximum Gasteiger partial charge on any atom is 0.135 e. The second-order valence-electron chi connectivity index (χ2n) is 5.13. The molecule has 1 fully saturated rings. The zero-order valence-electron chi connectivity index (χ0n) is 10.1. The topological polar surface area (TPSA) is 25.2 Å². The van der Waals surface area contributed by atoms with Crippen molar-refractivity contribution < 1.29 is 4.42 Å². The van der Waals surface area contributed by atoms with E-state index in [1.54, 1.807) is 0 Å². The van der Waals surface area contributed by atoms with Gasteiger partial charge in [0.2, 0.25) is 0 Å². The van der Waals surface area contributed by atoms with Crippen molar-refractivity contribution >= 4 is 27.6 Å². The molecule has 1 aliphatic rings. The predicted octanol–water partition coefficient (Wildman–Crippen LogP) is 4.41. The minimum absolute atomic E-state index is 0.891. The van der Waals surface area contributed by atoms with Crippen molar-refractivity contribution in [3.63, 3.8) is 0 Å². The molecule has 4 rings (SSSR count). The van der Waals surface area contributed by atoms with Gasteiger partial charge in [-0.15, -0.1) is 0 Å². The molecule has 0 radical (unpaired) electrons. The van der Waals surface area contributed by atoms with E-state index in [9.17, 15) is 0 Å². The Labute approximate surface area is 106 Å². The van der Waals surface area contributed by atoms with Crippen LogP contribution in [-0.4, -0.2) is 6.54 Å². The van der Waals surface area contributed by atoms with Crippen LogP contribution in [0.15, 0.2) is 46.9 Å². The molecule has 1 aliphatic carbocycles. The largest absolute Gasteiger partial charge is 0.456 e. The first kappa shape index (κ1) is 10.0. The Hall–Kier alpha value is -1.96. The minimum Gasteiger partial charge on any atom is -0.456 e. The summed E-state index contributed by atoms with van der Waals surface area (Å²) in [5.41, 5.74) is 3.13. The highest BCUT2D eigenvalue weighted by molar-refractivity contribution is 6.05. The third-order valence-corrected chi connectivity index (χ3v) is 3.67. The number of para-hydroxylation sites is 1. The molecular formula is C16H15NO. The zero-order valence-corrected chi connectivity index (χ0v) is 10.1. The molecule has 1 heterocycles. The van der Waals surface area contributed by atoms with E-state index in [0.29, 0.717) is 0 Å². The number of benzene rings is 2. The fourth-order valence-corrected chi connectivity index (χ4v) is 2.42. The van der Waals surface area contributed by atoms with Gasteiger partial charge in [-0.05, 0) is 43.0 Å². The van der Waals surface area contributed by atoms with Crippen molar-refractivity contribution in [2.24, 2.45) is 5.92 Å². The smallest absolute Gasteiger partial charge is 0.135 e. The molecule has 1 N–H and O–H groups in total. The van der Waals surface area contributed by atoms with Crippen LogP contribution in [0.3, 0.4) is 0 Å². The van der Waals surface area contributed by atoms with Gasteiger partial charge in [0.05, 0.1) is 0 Å². The molecule has 0 amide bonds. The predicted molar refractivity (Wildman–Crippen MR) is 74.9 cm³/mol. The van der Waals surface area contributed by atoms with Crippen LogP contribution in [0.4, 0.5) is 5.69 Å². The molecule has 90 valence electrons. The summed E-state index contributed by atoms with van der Waals surface area (Å²) in [6.07, 6.45) is 2.76. The molecule has 0 aliphatic heterocycles. The first-order valence-corrected chi connectivity index (χ1v) is 6.55. The Bertz CT molecular complexity index is 709. The molecule has 0 saturated heterocycles. The van der Waals surface area contributed by atoms with E-state index in [4.69, 9.17) is 4.42 Å². The molecule has 1 aromatic heterocycles. The quantitative estimate of drug-likeness (QED) is 0.730. The molecule has 0 atom stereocenters. The van der Waals surface area contributed by atoms with Crippen molar-refractivity contribution in [3.8, 4) is 0 Å². The molecule has 2 aromatic carbocycles. The maximum absolute atomic E-state index is 5.82. The van der Waals surface area contributed by atoms with E-state index < -0.39 is 0 Å². The van der Waals surface area contributed by atoms with Crippen LogP contribution < -0.4 is 5.32 Å². The van der Waals surface area contributed by atoms with Crippen molar-refractivity contribution in [1.29, 1.82) is 0 Å². The summed E-state index contributed by atoms with van der Waals surface area (Å²) in [5, 5.41) is 5.91. The van der Waals surface area contributed by atoms with E-state index in [-0.39, 0.29) is 0 Å². The molecule has 0 spiro atoms. The fourth-order valence-electron chi connectivity index (χ4n) is 2.42. The zero-order chi connectivity index (χ0) is 11.9. The van der Waals surface area contributed by atoms with Crippen molar-refractivity contribution in [3.05, 3.63) is 42.5 Å². The maximum atomic E-state index is 5.82. The van der Waals surface area contributed by atoms with Gasteiger partial charge in [-0.3, -0.25) is 0 Å². The third-order valence-electron chi connectivity index (χ3n) is 3.67. The Morgan fingerprint density at radius 1 is 1.00 bits per heavy atom. The number of hydrogen-bond acceptors (Lipinski definition) is 2. The summed E-state index contributed by atoms with van der Waals surface area (Å²) >= 11 is 0. The monoisotopic (exact) mass is 237 g/mol. The molecule has 0 unspecified atom stereocenters. The minimum atomic E-state index is 0.891. The van der Waals surface area contributed by atoms with Gasteiger partial charge in [0.15, 0.2) is 0 Å². The van der Waals surface area contributed by atoms with Crippen molar-refractivity contribution in [1.82, 2.24) is 0 Å². The SMILES string of the molecule is c1ccc2c(c1)oc1ccc(NCC3CC3)cc12. The van der Waals surface area contributed by atoms with E-state index in [1.807, 2.05) is 12.1 Å². The van der Waals surface area contributed by atoms with Crippen molar-refractivity contribution in [2.75, 3.05) is 11.9 Å². The highest BCUT2D eigenvalue weighted by Gasteiger charge is 2.20. The lowest BCUT2D eigenvalue weighted by molar-refractivity contribution is 0.669. The summed E-state index contributed by atoms with van der Waals surface area (Å²) in [5.74, 6) is 0.891. The van der Waals surface area contributed by atoms with Crippen LogP contribution in [-0.2, 0) is 0 Å². The Balaban J connectivity index is 1.79. The average Bonchev–Trinajstić information content (AvgIpc) is 3.16. The third kappa shape index (κ3) is 1.65. The highest BCUT2D eigenvalue weighted by atomic mass is 16.3. The first-order valence-electron chi connectivity index (χ1n) is 6.55. The van der Waals surface area contributed by atoms with Crippen molar-refractivity contribution in [2.45, 2.75) is 12.8 Å². The number of nitrogens with one attached hydrogen (secondary N) is 1. The molecule has 3 aromatic rings. The van der Waals surface area contributed by atoms with Gasteiger partial charge in [-0.25, -0.2) is 0 Å². The van der Waals surface area contributed by atoms with Gasteiger partial charge < -0.3 is 9.73 Å². The van der Waals surface area contributed by atoms with Gasteiger partial charge in [0, 0.05) is 23.0 Å². The van der Waals surface area contributed by atoms with Crippen LogP contribution in [0.5, 0.6) is 0 Å². The molecular weight excluding hydrogens is 222 g/mol. The van der Waals surface area contributed by atoms with E-state index in [1.165, 1.54) is 29.3 Å². The lowest BCUT2D eigenvalue weighted by Gasteiger charge is -2.04. The Kier molecular flexibility index (Phi) is 2.10. The molecule has 2 heteroatoms. The standard InChI is InChI=1S/C16H15NO/c1-2-4-15-13(3-1)14-9-12(7-8-16(14)18-15)17-10-11-5-6-11/h1-4,7-9,11,17H,5-6,10H2. The summed E-state index contributed by atoms with van der Waals surface area (Å²) in [6.45, 7) is 1.10. The Morgan fingerprint density at radius 2 is 1.83 bits per heavy atom. The summed E-state index contributed by atoms with van der Waals surface area (Å²) in [6, 6.07) is 14.6. The lowest BCUT2D eigenvalue weighted by Crippen LogP contribution is -2.02. The van der Waals surface area contributed by atoms with Crippen LogP contribution in [0.25, 0.3) is 21.9 Å². The molecule has 0 bridgehead atoms. The number of rotatable bonds is 3. The molecule has 1 saturated carbocycles. The van der Waals surface area contributed by atoms with Crippen LogP contribution in [0.1, 0.15) is 12.8 Å². The van der Waals surface area contributed by atoms with Gasteiger partial charge in [0.25, 0.3) is 0 Å². The number of fused-ring (bicyclic) bond motifs is 3. The Morgan fingerprint density at radius 3 is 2.72 bits per heavy atom. The van der Waals surface area contributed by atoms with E-state index in [2.05, 4.69) is 35.6 Å². The highest BCUT2D eigenvalue weighted by Crippen LogP contribution is 2.32. The van der Waals surface area contributed by atoms with Gasteiger partial charge in [-0.2, -0.15) is 0 Å². The first-order chi connectivity index (χ1) is 8.90. The second-order valence-corrected chi connectivity index (χ2v) is 5.13. The van der Waals surface area contributed by atoms with Gasteiger partial charge in [-0.1, -0.05) is 18.2 Å². The van der Waals surface area contributed by atoms with Crippen LogP contribution in [0, 0.1) is 5.92 Å². The number of anilines is 1. The van der Waals surface area contributed by atoms with Gasteiger partial charge >= 0.3 is 0 Å². The molecule has 2 nitrogen and oxygen atoms in total. The summed E-state index contributed by atoms with van der Waals surface area (Å²) in [7, 11) is 0. The van der Waals surface area contributed by atoms with E-state index in [0.717, 1.165) is 23.6 Å². The van der Waals surface area contributed by atoms with E-state index >= 15 is 0 Å². The van der Waals surface area contributed by atoms with Crippen LogP contribution >= 0.6 is 0 Å². The fraction of sp³-hybridized carbons (Fsp3) is 0.250. The van der Waals surface area contributed by atoms with Crippen LogP contribution in [0.2, 0.25) is 0 Å². The summed E-state index contributed by atoms with van der Waals surface area (Å²) < 4.78 is 5.82. The normalized spacial score (nSPS) is 15.3. The second kappa shape index (κ2) is 3.77. The lowest BCUT2D eigenvalue weighted by atomic mass is 10.1. The van der Waals surface area contributed by atoms with Gasteiger partial charge in [0.1, 0.15) is 11.2 Å². The average molecular weight is 237 g/mol. The number of furan rings is 1. The molecule has 18 heavy (non-hydrogen) atoms.